The van der Waals surface area contributed by atoms with Crippen LogP contribution in [0.1, 0.15) is 18.5 Å². The molecule has 0 spiro atoms. The van der Waals surface area contributed by atoms with Crippen molar-refractivity contribution in [2.24, 2.45) is 5.92 Å². The highest BCUT2D eigenvalue weighted by atomic mass is 32.1. The third-order valence-corrected chi connectivity index (χ3v) is 4.49. The molecular weight excluding hydrogens is 262 g/mol. The van der Waals surface area contributed by atoms with Crippen molar-refractivity contribution in [3.8, 4) is 0 Å². The van der Waals surface area contributed by atoms with E-state index in [4.69, 9.17) is 5.11 Å². The van der Waals surface area contributed by atoms with E-state index in [0.717, 1.165) is 23.9 Å². The molecule has 106 valence electrons. The van der Waals surface area contributed by atoms with Gasteiger partial charge in [0.1, 0.15) is 0 Å². The quantitative estimate of drug-likeness (QED) is 0.858. The first-order chi connectivity index (χ1) is 9.04. The van der Waals surface area contributed by atoms with Gasteiger partial charge in [0.15, 0.2) is 5.13 Å². The molecule has 1 unspecified atom stereocenters. The van der Waals surface area contributed by atoms with Gasteiger partial charge in [0.2, 0.25) is 0 Å². The van der Waals surface area contributed by atoms with Crippen molar-refractivity contribution < 1.29 is 9.90 Å². The Balaban J connectivity index is 1.85. The number of aliphatic carboxylic acids is 1. The minimum absolute atomic E-state index is 0.153. The van der Waals surface area contributed by atoms with Crippen molar-refractivity contribution in [1.29, 1.82) is 0 Å². The highest BCUT2D eigenvalue weighted by molar-refractivity contribution is 7.13. The van der Waals surface area contributed by atoms with Gasteiger partial charge in [0, 0.05) is 31.9 Å². The van der Waals surface area contributed by atoms with Gasteiger partial charge in [-0.3, -0.25) is 4.79 Å². The highest BCUT2D eigenvalue weighted by Gasteiger charge is 2.21. The lowest BCUT2D eigenvalue weighted by Gasteiger charge is -2.20. The average molecular weight is 283 g/mol. The van der Waals surface area contributed by atoms with Gasteiger partial charge in [-0.25, -0.2) is 4.98 Å². The topological polar surface area (TPSA) is 56.7 Å². The fourth-order valence-corrected chi connectivity index (χ4v) is 3.30. The summed E-state index contributed by atoms with van der Waals surface area (Å²) in [6.07, 6.45) is 1.92. The van der Waals surface area contributed by atoms with Crippen LogP contribution in [0, 0.1) is 5.92 Å². The number of aromatic nitrogens is 1. The molecule has 2 heterocycles. The van der Waals surface area contributed by atoms with Crippen molar-refractivity contribution in [1.82, 2.24) is 9.88 Å². The number of thiazole rings is 1. The predicted molar refractivity (Wildman–Crippen MR) is 76.9 cm³/mol. The first kappa shape index (κ1) is 14.3. The van der Waals surface area contributed by atoms with E-state index in [0.29, 0.717) is 12.3 Å². The minimum Gasteiger partial charge on any atom is -0.481 e. The third kappa shape index (κ3) is 4.18. The van der Waals surface area contributed by atoms with Gasteiger partial charge in [0.05, 0.1) is 12.1 Å². The van der Waals surface area contributed by atoms with Crippen LogP contribution in [-0.2, 0) is 11.2 Å². The second kappa shape index (κ2) is 6.34. The number of hydrogen-bond donors (Lipinski definition) is 1. The third-order valence-electron chi connectivity index (χ3n) is 3.48. The SMILES string of the molecule is CN1CCC(CN(C)c2nc(CCC(=O)O)cs2)C1. The maximum absolute atomic E-state index is 10.5. The van der Waals surface area contributed by atoms with Crippen LogP contribution in [0.3, 0.4) is 0 Å². The van der Waals surface area contributed by atoms with Crippen LogP contribution in [0.4, 0.5) is 5.13 Å². The molecule has 19 heavy (non-hydrogen) atoms. The van der Waals surface area contributed by atoms with Crippen LogP contribution in [-0.4, -0.2) is 54.7 Å². The predicted octanol–water partition coefficient (Wildman–Crippen LogP) is 1.55. The molecule has 1 aliphatic heterocycles. The Hall–Kier alpha value is -1.14. The Morgan fingerprint density at radius 2 is 2.47 bits per heavy atom. The van der Waals surface area contributed by atoms with Crippen LogP contribution < -0.4 is 4.90 Å². The zero-order chi connectivity index (χ0) is 13.8. The molecular formula is C13H21N3O2S. The van der Waals surface area contributed by atoms with E-state index in [2.05, 4.69) is 28.9 Å². The summed E-state index contributed by atoms with van der Waals surface area (Å²) >= 11 is 1.60. The molecule has 0 aromatic carbocycles. The van der Waals surface area contributed by atoms with E-state index in [1.165, 1.54) is 13.0 Å². The monoisotopic (exact) mass is 283 g/mol. The Morgan fingerprint density at radius 1 is 1.68 bits per heavy atom. The standard InChI is InChI=1S/C13H21N3O2S/c1-15-6-5-10(7-15)8-16(2)13-14-11(9-19-13)3-4-12(17)18/h9-10H,3-8H2,1-2H3,(H,17,18). The molecule has 1 aromatic rings. The molecule has 2 rings (SSSR count). The summed E-state index contributed by atoms with van der Waals surface area (Å²) in [5.41, 5.74) is 0.887. The fourth-order valence-electron chi connectivity index (χ4n) is 2.46. The molecule has 0 saturated carbocycles. The maximum atomic E-state index is 10.5. The number of carboxylic acids is 1. The normalized spacial score (nSPS) is 19.8. The number of anilines is 1. The van der Waals surface area contributed by atoms with Crippen LogP contribution >= 0.6 is 11.3 Å². The van der Waals surface area contributed by atoms with E-state index in [1.54, 1.807) is 11.3 Å². The van der Waals surface area contributed by atoms with Crippen molar-refractivity contribution in [3.05, 3.63) is 11.1 Å². The van der Waals surface area contributed by atoms with E-state index in [9.17, 15) is 4.79 Å². The largest absolute Gasteiger partial charge is 0.481 e. The zero-order valence-corrected chi connectivity index (χ0v) is 12.3. The van der Waals surface area contributed by atoms with E-state index < -0.39 is 5.97 Å². The lowest BCUT2D eigenvalue weighted by Crippen LogP contribution is -2.27. The lowest BCUT2D eigenvalue weighted by molar-refractivity contribution is -0.136. The number of rotatable bonds is 6. The molecule has 1 atom stereocenters. The molecule has 1 saturated heterocycles. The van der Waals surface area contributed by atoms with E-state index >= 15 is 0 Å². The molecule has 0 amide bonds. The molecule has 0 radical (unpaired) electrons. The van der Waals surface area contributed by atoms with E-state index in [-0.39, 0.29) is 6.42 Å². The number of aryl methyl sites for hydroxylation is 1. The van der Waals surface area contributed by atoms with Gasteiger partial charge in [-0.15, -0.1) is 11.3 Å². The smallest absolute Gasteiger partial charge is 0.303 e. The van der Waals surface area contributed by atoms with Crippen molar-refractivity contribution in [2.75, 3.05) is 38.6 Å². The van der Waals surface area contributed by atoms with Gasteiger partial charge >= 0.3 is 5.97 Å². The number of likely N-dealkylation sites (tertiary alicyclic amines) is 1. The Labute approximate surface area is 117 Å². The number of carbonyl (C=O) groups is 1. The Morgan fingerprint density at radius 3 is 3.11 bits per heavy atom. The molecule has 1 N–H and O–H groups in total. The van der Waals surface area contributed by atoms with Crippen LogP contribution in [0.15, 0.2) is 5.38 Å². The summed E-state index contributed by atoms with van der Waals surface area (Å²) in [7, 11) is 4.23. The first-order valence-electron chi connectivity index (χ1n) is 6.60. The summed E-state index contributed by atoms with van der Waals surface area (Å²) in [5.74, 6) is -0.0572. The van der Waals surface area contributed by atoms with Gasteiger partial charge in [-0.1, -0.05) is 0 Å². The molecule has 0 aliphatic carbocycles. The van der Waals surface area contributed by atoms with Crippen LogP contribution in [0.25, 0.3) is 0 Å². The van der Waals surface area contributed by atoms with Gasteiger partial charge < -0.3 is 14.9 Å². The fraction of sp³-hybridized carbons (Fsp3) is 0.692. The van der Waals surface area contributed by atoms with Crippen LogP contribution in [0.5, 0.6) is 0 Å². The minimum atomic E-state index is -0.767. The second-order valence-corrected chi connectivity index (χ2v) is 6.15. The number of nitrogens with zero attached hydrogens (tertiary/aromatic N) is 3. The molecule has 1 aliphatic rings. The van der Waals surface area contributed by atoms with Gasteiger partial charge in [0.25, 0.3) is 0 Å². The second-order valence-electron chi connectivity index (χ2n) is 5.31. The van der Waals surface area contributed by atoms with Gasteiger partial charge in [-0.2, -0.15) is 0 Å². The lowest BCUT2D eigenvalue weighted by atomic mass is 10.1. The van der Waals surface area contributed by atoms with Gasteiger partial charge in [-0.05, 0) is 25.9 Å². The first-order valence-corrected chi connectivity index (χ1v) is 7.48. The summed E-state index contributed by atoms with van der Waals surface area (Å²) in [6, 6.07) is 0. The molecule has 1 fully saturated rings. The zero-order valence-electron chi connectivity index (χ0n) is 11.5. The molecule has 0 bridgehead atoms. The summed E-state index contributed by atoms with van der Waals surface area (Å²) in [4.78, 5) is 19.6. The maximum Gasteiger partial charge on any atom is 0.303 e. The van der Waals surface area contributed by atoms with E-state index in [1.807, 2.05) is 5.38 Å². The molecule has 5 nitrogen and oxygen atoms in total. The number of hydrogen-bond acceptors (Lipinski definition) is 5. The summed E-state index contributed by atoms with van der Waals surface area (Å²) in [6.45, 7) is 3.36. The Kier molecular flexibility index (Phi) is 4.76. The Bertz CT molecular complexity index is 435. The summed E-state index contributed by atoms with van der Waals surface area (Å²) in [5, 5.41) is 11.6. The van der Waals surface area contributed by atoms with Crippen molar-refractivity contribution in [2.45, 2.75) is 19.3 Å². The van der Waals surface area contributed by atoms with Crippen molar-refractivity contribution in [3.63, 3.8) is 0 Å². The van der Waals surface area contributed by atoms with Crippen LogP contribution in [0.2, 0.25) is 0 Å². The highest BCUT2D eigenvalue weighted by Crippen LogP contribution is 2.23. The van der Waals surface area contributed by atoms with Crippen molar-refractivity contribution >= 4 is 22.4 Å². The molecule has 6 heteroatoms. The number of carboxylic acid groups (broad SMARTS) is 1. The summed E-state index contributed by atoms with van der Waals surface area (Å²) < 4.78 is 0. The molecule has 1 aromatic heterocycles. The average Bonchev–Trinajstić information content (AvgIpc) is 2.95.